The monoisotopic (exact) mass is 186 g/mol. The molecule has 1 heterocycles. The van der Waals surface area contributed by atoms with E-state index < -0.39 is 11.1 Å². The second-order valence-electron chi connectivity index (χ2n) is 2.64. The van der Waals surface area contributed by atoms with Crippen molar-refractivity contribution in [1.29, 1.82) is 0 Å². The van der Waals surface area contributed by atoms with E-state index in [1.807, 2.05) is 6.92 Å². The Morgan fingerprint density at radius 2 is 2.27 bits per heavy atom. The van der Waals surface area contributed by atoms with Crippen molar-refractivity contribution in [2.45, 2.75) is 18.6 Å². The minimum Gasteiger partial charge on any atom is -0.772 e. The van der Waals surface area contributed by atoms with Gasteiger partial charge in [-0.05, 0) is 12.3 Å². The molecule has 1 fully saturated rings. The molecule has 11 heavy (non-hydrogen) atoms. The summed E-state index contributed by atoms with van der Waals surface area (Å²) in [6.07, 6.45) is 0.650. The molecular formula is C6H11NaO3S. The van der Waals surface area contributed by atoms with Crippen molar-refractivity contribution in [2.24, 2.45) is 5.92 Å². The Morgan fingerprint density at radius 1 is 1.64 bits per heavy atom. The average molecular weight is 186 g/mol. The fourth-order valence-corrected chi connectivity index (χ4v) is 1.89. The molecule has 0 aromatic rings. The zero-order chi connectivity index (χ0) is 7.56. The van der Waals surface area contributed by atoms with Crippen molar-refractivity contribution < 1.29 is 43.1 Å². The van der Waals surface area contributed by atoms with Gasteiger partial charge in [-0.2, -0.15) is 0 Å². The van der Waals surface area contributed by atoms with Gasteiger partial charge >= 0.3 is 29.6 Å². The van der Waals surface area contributed by atoms with Crippen molar-refractivity contribution in [3.05, 3.63) is 0 Å². The van der Waals surface area contributed by atoms with E-state index in [9.17, 15) is 8.76 Å². The molecule has 0 N–H and O–H groups in total. The summed E-state index contributed by atoms with van der Waals surface area (Å²) in [6, 6.07) is 0. The van der Waals surface area contributed by atoms with Crippen LogP contribution in [0.2, 0.25) is 0 Å². The Bertz CT molecular complexity index is 142. The van der Waals surface area contributed by atoms with Gasteiger partial charge in [0, 0.05) is 11.9 Å². The molecule has 60 valence electrons. The van der Waals surface area contributed by atoms with E-state index in [0.717, 1.165) is 0 Å². The number of hydrogen-bond donors (Lipinski definition) is 0. The van der Waals surface area contributed by atoms with Crippen molar-refractivity contribution >= 4 is 11.1 Å². The standard InChI is InChI=1S/C6H12O3S.Na/c1-5-4-9-3-2-6(5)10(7)8;/h5-6H,2-4H2,1H3,(H,7,8);/q;+1/p-1. The molecule has 1 rings (SSSR count). The van der Waals surface area contributed by atoms with Gasteiger partial charge in [0.2, 0.25) is 0 Å². The second-order valence-corrected chi connectivity index (χ2v) is 3.77. The van der Waals surface area contributed by atoms with Crippen LogP contribution >= 0.6 is 0 Å². The van der Waals surface area contributed by atoms with Gasteiger partial charge in [-0.25, -0.2) is 0 Å². The molecule has 3 atom stereocenters. The van der Waals surface area contributed by atoms with Gasteiger partial charge in [-0.3, -0.25) is 4.21 Å². The minimum atomic E-state index is -1.91. The first-order valence-electron chi connectivity index (χ1n) is 3.37. The molecule has 0 aliphatic carbocycles. The zero-order valence-corrected chi connectivity index (χ0v) is 9.73. The van der Waals surface area contributed by atoms with Crippen LogP contribution in [0.15, 0.2) is 0 Å². The van der Waals surface area contributed by atoms with Crippen molar-refractivity contribution in [1.82, 2.24) is 0 Å². The Morgan fingerprint density at radius 3 is 2.64 bits per heavy atom. The van der Waals surface area contributed by atoms with Crippen LogP contribution in [0.5, 0.6) is 0 Å². The van der Waals surface area contributed by atoms with Gasteiger partial charge in [0.05, 0.1) is 6.61 Å². The van der Waals surface area contributed by atoms with Crippen molar-refractivity contribution in [3.8, 4) is 0 Å². The van der Waals surface area contributed by atoms with E-state index in [-0.39, 0.29) is 40.7 Å². The van der Waals surface area contributed by atoms with E-state index in [4.69, 9.17) is 4.74 Å². The summed E-state index contributed by atoms with van der Waals surface area (Å²) in [6.45, 7) is 3.07. The first kappa shape index (κ1) is 12.1. The average Bonchev–Trinajstić information content (AvgIpc) is 1.88. The van der Waals surface area contributed by atoms with E-state index in [0.29, 0.717) is 19.6 Å². The van der Waals surface area contributed by atoms with Crippen molar-refractivity contribution in [3.63, 3.8) is 0 Å². The second kappa shape index (κ2) is 5.67. The molecular weight excluding hydrogens is 175 g/mol. The quantitative estimate of drug-likeness (QED) is 0.330. The van der Waals surface area contributed by atoms with Crippen LogP contribution in [0, 0.1) is 5.92 Å². The van der Waals surface area contributed by atoms with Gasteiger partial charge in [-0.1, -0.05) is 18.0 Å². The molecule has 0 aromatic carbocycles. The van der Waals surface area contributed by atoms with E-state index >= 15 is 0 Å². The fraction of sp³-hybridized carbons (Fsp3) is 1.00. The summed E-state index contributed by atoms with van der Waals surface area (Å²) in [5.74, 6) is 0.159. The van der Waals surface area contributed by atoms with Crippen LogP contribution in [0.3, 0.4) is 0 Å². The fourth-order valence-electron chi connectivity index (χ4n) is 1.15. The van der Waals surface area contributed by atoms with Crippen LogP contribution in [0.25, 0.3) is 0 Å². The maximum absolute atomic E-state index is 10.5. The number of hydrogen-bond acceptors (Lipinski definition) is 3. The Labute approximate surface area is 91.5 Å². The maximum atomic E-state index is 10.5. The van der Waals surface area contributed by atoms with Gasteiger partial charge in [-0.15, -0.1) is 0 Å². The van der Waals surface area contributed by atoms with Gasteiger partial charge in [0.25, 0.3) is 0 Å². The minimum absolute atomic E-state index is 0. The molecule has 1 aliphatic heterocycles. The Balaban J connectivity index is 0.000001000. The SMILES string of the molecule is CC1COCCC1S(=O)[O-].[Na+]. The third-order valence-corrected chi connectivity index (χ3v) is 3.00. The van der Waals surface area contributed by atoms with Gasteiger partial charge in [0.1, 0.15) is 0 Å². The number of ether oxygens (including phenoxy) is 1. The largest absolute Gasteiger partial charge is 1.00 e. The van der Waals surface area contributed by atoms with E-state index in [2.05, 4.69) is 0 Å². The predicted molar refractivity (Wildman–Crippen MR) is 37.3 cm³/mol. The smallest absolute Gasteiger partial charge is 0.772 e. The molecule has 0 saturated carbocycles. The van der Waals surface area contributed by atoms with Gasteiger partial charge in [0.15, 0.2) is 0 Å². The predicted octanol–water partition coefficient (Wildman–Crippen LogP) is -2.71. The van der Waals surface area contributed by atoms with Crippen LogP contribution in [-0.4, -0.2) is 27.2 Å². The topological polar surface area (TPSA) is 49.4 Å². The van der Waals surface area contributed by atoms with Crippen molar-refractivity contribution in [2.75, 3.05) is 13.2 Å². The Hall–Kier alpha value is 1.07. The molecule has 0 spiro atoms. The molecule has 0 aromatic heterocycles. The van der Waals surface area contributed by atoms with Crippen LogP contribution in [0.1, 0.15) is 13.3 Å². The maximum Gasteiger partial charge on any atom is 1.00 e. The summed E-state index contributed by atoms with van der Waals surface area (Å²) in [7, 11) is 0. The Kier molecular flexibility index (Phi) is 6.22. The number of rotatable bonds is 1. The zero-order valence-electron chi connectivity index (χ0n) is 6.91. The summed E-state index contributed by atoms with van der Waals surface area (Å²) < 4.78 is 26.1. The van der Waals surface area contributed by atoms with Crippen LogP contribution in [0.4, 0.5) is 0 Å². The summed E-state index contributed by atoms with van der Waals surface area (Å²) in [5.41, 5.74) is 0. The van der Waals surface area contributed by atoms with Crippen LogP contribution < -0.4 is 29.6 Å². The molecule has 0 bridgehead atoms. The third kappa shape index (κ3) is 3.53. The summed E-state index contributed by atoms with van der Waals surface area (Å²) in [4.78, 5) is 0. The molecule has 0 amide bonds. The molecule has 3 nitrogen and oxygen atoms in total. The first-order valence-corrected chi connectivity index (χ1v) is 4.51. The normalized spacial score (nSPS) is 34.0. The van der Waals surface area contributed by atoms with E-state index in [1.165, 1.54) is 0 Å². The molecule has 5 heteroatoms. The van der Waals surface area contributed by atoms with Crippen LogP contribution in [-0.2, 0) is 15.8 Å². The molecule has 3 unspecified atom stereocenters. The first-order chi connectivity index (χ1) is 4.72. The molecule has 0 radical (unpaired) electrons. The summed E-state index contributed by atoms with van der Waals surface area (Å²) >= 11 is -1.91. The summed E-state index contributed by atoms with van der Waals surface area (Å²) in [5, 5.41) is -0.186. The molecule has 1 aliphatic rings. The van der Waals surface area contributed by atoms with E-state index in [1.54, 1.807) is 0 Å². The van der Waals surface area contributed by atoms with Gasteiger partial charge < -0.3 is 9.29 Å². The third-order valence-electron chi connectivity index (χ3n) is 1.81. The molecule has 1 saturated heterocycles.